The Bertz CT molecular complexity index is 2340. The molecule has 386 valence electrons. The number of guanidine groups is 2. The molecule has 6 rings (SSSR count). The lowest BCUT2D eigenvalue weighted by Gasteiger charge is -2.39. The van der Waals surface area contributed by atoms with Gasteiger partial charge in [0.2, 0.25) is 23.3 Å². The first-order valence-corrected chi connectivity index (χ1v) is 21.7. The summed E-state index contributed by atoms with van der Waals surface area (Å²) in [5.74, 6) is -4.53. The molecule has 0 bridgehead atoms. The number of rotatable bonds is 17. The number of amides is 4. The van der Waals surface area contributed by atoms with Gasteiger partial charge in [0.05, 0.1) is 38.4 Å². The van der Waals surface area contributed by atoms with Crippen molar-refractivity contribution in [3.8, 4) is 11.1 Å². The summed E-state index contributed by atoms with van der Waals surface area (Å²) in [5.41, 5.74) is 25.4. The van der Waals surface area contributed by atoms with Crippen molar-refractivity contribution in [2.45, 2.75) is 87.7 Å². The molecule has 4 aliphatic rings. The third-order valence-corrected chi connectivity index (χ3v) is 10.9. The Balaban J connectivity index is 1.09. The highest BCUT2D eigenvalue weighted by molar-refractivity contribution is 5.88. The number of cyclic esters (lactones) is 4. The van der Waals surface area contributed by atoms with Gasteiger partial charge in [0.1, 0.15) is 13.2 Å². The quantitative estimate of drug-likeness (QED) is 0.0400. The molecule has 72 heavy (non-hydrogen) atoms. The number of nitrogens with two attached hydrogens (primary N) is 4. The molecule has 0 unspecified atom stereocenters. The van der Waals surface area contributed by atoms with E-state index in [1.165, 1.54) is 26.0 Å². The Kier molecular flexibility index (Phi) is 17.1. The van der Waals surface area contributed by atoms with Gasteiger partial charge >= 0.3 is 36.4 Å². The number of nitrogens with one attached hydrogen (secondary N) is 4. The fourth-order valence-corrected chi connectivity index (χ4v) is 7.81. The molecular weight excluding hydrogens is 957 g/mol. The fraction of sp³-hybridized carbons (Fsp3) is 0.409. The van der Waals surface area contributed by atoms with Crippen molar-refractivity contribution in [3.05, 3.63) is 83.3 Å². The Morgan fingerprint density at radius 1 is 0.597 bits per heavy atom. The van der Waals surface area contributed by atoms with Crippen LogP contribution in [0.2, 0.25) is 0 Å². The molecule has 0 aliphatic carbocycles. The Morgan fingerprint density at radius 3 is 1.25 bits per heavy atom. The molecule has 0 spiro atoms. The van der Waals surface area contributed by atoms with Gasteiger partial charge in [-0.3, -0.25) is 9.59 Å². The van der Waals surface area contributed by atoms with Gasteiger partial charge < -0.3 is 91.6 Å². The molecule has 0 aromatic heterocycles. The number of esters is 2. The van der Waals surface area contributed by atoms with Crippen LogP contribution in [0.3, 0.4) is 0 Å². The third kappa shape index (κ3) is 13.6. The summed E-state index contributed by atoms with van der Waals surface area (Å²) in [5, 5.41) is 10.5. The molecule has 28 heteroatoms. The lowest BCUT2D eigenvalue weighted by Crippen LogP contribution is -2.61. The van der Waals surface area contributed by atoms with Crippen molar-refractivity contribution < 1.29 is 85.7 Å². The molecule has 2 aromatic carbocycles. The summed E-state index contributed by atoms with van der Waals surface area (Å²) in [6, 6.07) is 9.60. The number of nitrogens with zero attached hydrogens (tertiary/aromatic N) is 2. The average Bonchev–Trinajstić information content (AvgIpc) is 3.98. The van der Waals surface area contributed by atoms with Crippen LogP contribution < -0.4 is 44.2 Å². The Hall–Kier alpha value is -8.98. The van der Waals surface area contributed by atoms with Crippen LogP contribution in [-0.2, 0) is 79.6 Å². The van der Waals surface area contributed by atoms with Gasteiger partial charge in [0, 0.05) is 26.9 Å². The second-order valence-corrected chi connectivity index (χ2v) is 16.0. The van der Waals surface area contributed by atoms with Crippen molar-refractivity contribution in [3.63, 3.8) is 0 Å². The van der Waals surface area contributed by atoms with Gasteiger partial charge in [-0.25, -0.2) is 38.8 Å². The summed E-state index contributed by atoms with van der Waals surface area (Å²) < 4.78 is 53.3. The van der Waals surface area contributed by atoms with E-state index in [2.05, 4.69) is 31.3 Å². The first-order chi connectivity index (χ1) is 34.3. The predicted octanol–water partition coefficient (Wildman–Crippen LogP) is -1.18. The van der Waals surface area contributed by atoms with E-state index < -0.39 is 121 Å². The van der Waals surface area contributed by atoms with Gasteiger partial charge in [-0.15, -0.1) is 0 Å². The Morgan fingerprint density at radius 2 is 0.958 bits per heavy atom. The largest absolute Gasteiger partial charge is 0.508 e. The lowest BCUT2D eigenvalue weighted by atomic mass is 9.92. The molecule has 4 aliphatic heterocycles. The summed E-state index contributed by atoms with van der Waals surface area (Å²) in [7, 11) is 2.20. The van der Waals surface area contributed by atoms with Crippen LogP contribution in [-0.4, -0.2) is 148 Å². The Labute approximate surface area is 409 Å². The van der Waals surface area contributed by atoms with E-state index in [4.69, 9.17) is 70.3 Å². The minimum absolute atomic E-state index is 0.0457. The highest BCUT2D eigenvalue weighted by Gasteiger charge is 2.52. The summed E-state index contributed by atoms with van der Waals surface area (Å²) in [4.78, 5) is 109. The number of alkyl carbamates (subject to hydrolysis) is 2. The van der Waals surface area contributed by atoms with Crippen LogP contribution in [0.15, 0.2) is 82.2 Å². The van der Waals surface area contributed by atoms with Crippen molar-refractivity contribution in [1.82, 2.24) is 21.3 Å². The maximum absolute atomic E-state index is 13.4. The van der Waals surface area contributed by atoms with E-state index in [1.807, 2.05) is 0 Å². The van der Waals surface area contributed by atoms with Crippen LogP contribution in [0, 0.1) is 0 Å². The van der Waals surface area contributed by atoms with E-state index in [0.717, 1.165) is 25.3 Å². The summed E-state index contributed by atoms with van der Waals surface area (Å²) in [6.45, 7) is 1.57. The number of carbonyl (C=O) groups is 8. The van der Waals surface area contributed by atoms with Gasteiger partial charge in [-0.05, 0) is 34.4 Å². The molecule has 0 radical (unpaired) electrons. The highest BCUT2D eigenvalue weighted by atomic mass is 16.8. The van der Waals surface area contributed by atoms with Crippen LogP contribution >= 0.6 is 0 Å². The van der Waals surface area contributed by atoms with Crippen LogP contribution in [0.1, 0.15) is 25.0 Å². The zero-order valence-corrected chi connectivity index (χ0v) is 38.9. The number of benzene rings is 2. The normalized spacial score (nSPS) is 23.8. The second-order valence-electron chi connectivity index (χ2n) is 16.0. The first-order valence-electron chi connectivity index (χ1n) is 21.7. The minimum atomic E-state index is -1.50. The molecule has 28 nitrogen and oxygen atoms in total. The topological polar surface area (TPSA) is 406 Å². The van der Waals surface area contributed by atoms with Crippen LogP contribution in [0.5, 0.6) is 0 Å². The first kappa shape index (κ1) is 52.4. The molecule has 0 saturated carbocycles. The predicted molar refractivity (Wildman–Crippen MR) is 243 cm³/mol. The maximum Gasteiger partial charge on any atom is 0.508 e. The highest BCUT2D eigenvalue weighted by Crippen LogP contribution is 2.31. The second kappa shape index (κ2) is 23.6. The standard InChI is InChI=1S/C44H52N10O18/c1-19(55)51-31-25(53-39(45)46)13-27(37(57)63-3)67-35(31)33(29-17-65-43(61)69-29)71-41(59)49-15-21-5-9-23(10-6-21)24-11-7-22(8-12-24)16-50-42(60)72-34(30-18-66-44(62)70-30)36-32(52-20(2)56)26(54-40(47)48)14-28(68-36)38(58)64-4/h5-14,25-26,29-36H,15-18H2,1-4H3,(H,49,59)(H,50,60)(H,51,55)(H,52,56)(H4,45,46,53)(H4,47,48,54)/t25-,26-,29+,30+,31+,32+,33+,34+,35+,36+/m0/s1. The van der Waals surface area contributed by atoms with E-state index >= 15 is 0 Å². The van der Waals surface area contributed by atoms with Crippen LogP contribution in [0.25, 0.3) is 11.1 Å². The van der Waals surface area contributed by atoms with Crippen LogP contribution in [0.4, 0.5) is 19.2 Å². The SMILES string of the molecule is COC(=O)C1=C[C@H](N=C(N)N)[C@@H](NC(C)=O)[C@H]([C@H](OC(=O)NCc2ccc(-c3ccc(CNC(=O)O[C@@H]([C@@H]4OC(C(=O)OC)=C[C@H](N=C(N)N)[C@H]4NC(C)=O)[C@H]4COC(=O)O4)cc3)cc2)[C@H]2COC(=O)O2)O1. The van der Waals surface area contributed by atoms with E-state index in [0.29, 0.717) is 11.1 Å². The lowest BCUT2D eigenvalue weighted by molar-refractivity contribution is -0.148. The molecule has 10 atom stereocenters. The molecule has 4 heterocycles. The number of hydrogen-bond acceptors (Lipinski definition) is 20. The number of hydrogen-bond donors (Lipinski definition) is 8. The molecule has 2 aromatic rings. The van der Waals surface area contributed by atoms with Crippen molar-refractivity contribution in [1.29, 1.82) is 0 Å². The molecule has 2 fully saturated rings. The fourth-order valence-electron chi connectivity index (χ4n) is 7.81. The van der Waals surface area contributed by atoms with E-state index in [9.17, 15) is 38.4 Å². The number of carbonyl (C=O) groups excluding carboxylic acids is 8. The summed E-state index contributed by atoms with van der Waals surface area (Å²) in [6.07, 6.45) is -10.0. The smallest absolute Gasteiger partial charge is 0.477 e. The zero-order valence-electron chi connectivity index (χ0n) is 38.9. The maximum atomic E-state index is 13.4. The molecular formula is C44H52N10O18. The monoisotopic (exact) mass is 1010 g/mol. The van der Waals surface area contributed by atoms with E-state index in [-0.39, 0.29) is 37.8 Å². The zero-order chi connectivity index (χ0) is 52.2. The molecule has 12 N–H and O–H groups in total. The number of ether oxygens (including phenoxy) is 10. The van der Waals surface area contributed by atoms with Crippen molar-refractivity contribution in [2.24, 2.45) is 32.9 Å². The van der Waals surface area contributed by atoms with Gasteiger partial charge in [0.25, 0.3) is 0 Å². The van der Waals surface area contributed by atoms with Crippen molar-refractivity contribution in [2.75, 3.05) is 27.4 Å². The third-order valence-electron chi connectivity index (χ3n) is 10.9. The molecule has 2 saturated heterocycles. The van der Waals surface area contributed by atoms with Gasteiger partial charge in [-0.1, -0.05) is 48.5 Å². The van der Waals surface area contributed by atoms with Gasteiger partial charge in [0.15, 0.2) is 48.5 Å². The van der Waals surface area contributed by atoms with Crippen molar-refractivity contribution >= 4 is 60.2 Å². The van der Waals surface area contributed by atoms with Gasteiger partial charge in [-0.2, -0.15) is 0 Å². The number of methoxy groups -OCH3 is 2. The minimum Gasteiger partial charge on any atom is -0.477 e. The molecule has 4 amide bonds. The average molecular weight is 1010 g/mol. The summed E-state index contributed by atoms with van der Waals surface area (Å²) >= 11 is 0. The number of aliphatic imine (C=N–C) groups is 2. The van der Waals surface area contributed by atoms with E-state index in [1.54, 1.807) is 48.5 Å².